The van der Waals surface area contributed by atoms with Crippen LogP contribution in [0.15, 0.2) is 0 Å². The molecule has 0 amide bonds. The number of hydrogen-bond acceptors (Lipinski definition) is 2. The minimum atomic E-state index is 0.519. The standard InChI is InChI=1S/C17H34N2/c1-17(2,13-7-5-9-15(11-13)18-3)14-8-6-10-16(12-14)19-4/h13-16,18-19H,5-12H2,1-4H3. The molecule has 2 heteroatoms. The van der Waals surface area contributed by atoms with E-state index in [1.807, 2.05) is 0 Å². The van der Waals surface area contributed by atoms with Crippen molar-refractivity contribution in [2.75, 3.05) is 14.1 Å². The van der Waals surface area contributed by atoms with Gasteiger partial charge < -0.3 is 10.6 Å². The largest absolute Gasteiger partial charge is 0.317 e. The molecule has 0 aromatic rings. The Hall–Kier alpha value is -0.0800. The average Bonchev–Trinajstić information content (AvgIpc) is 2.47. The molecule has 19 heavy (non-hydrogen) atoms. The van der Waals surface area contributed by atoms with Crippen LogP contribution in [0.4, 0.5) is 0 Å². The van der Waals surface area contributed by atoms with E-state index in [9.17, 15) is 0 Å². The number of nitrogens with one attached hydrogen (secondary N) is 2. The molecule has 0 aromatic heterocycles. The van der Waals surface area contributed by atoms with Crippen molar-refractivity contribution in [3.05, 3.63) is 0 Å². The van der Waals surface area contributed by atoms with Gasteiger partial charge in [0.25, 0.3) is 0 Å². The quantitative estimate of drug-likeness (QED) is 0.813. The van der Waals surface area contributed by atoms with Crippen LogP contribution in [0.3, 0.4) is 0 Å². The minimum Gasteiger partial charge on any atom is -0.317 e. The van der Waals surface area contributed by atoms with E-state index in [4.69, 9.17) is 0 Å². The van der Waals surface area contributed by atoms with E-state index < -0.39 is 0 Å². The molecule has 0 saturated heterocycles. The summed E-state index contributed by atoms with van der Waals surface area (Å²) in [5.41, 5.74) is 0.519. The average molecular weight is 266 g/mol. The molecule has 2 aliphatic carbocycles. The second-order valence-electron chi connectivity index (χ2n) is 7.52. The third-order valence-electron chi connectivity index (χ3n) is 6.27. The molecule has 4 atom stereocenters. The zero-order chi connectivity index (χ0) is 13.9. The summed E-state index contributed by atoms with van der Waals surface area (Å²) in [5, 5.41) is 7.03. The van der Waals surface area contributed by atoms with E-state index in [-0.39, 0.29) is 0 Å². The highest BCUT2D eigenvalue weighted by atomic mass is 14.9. The van der Waals surface area contributed by atoms with Crippen LogP contribution in [-0.2, 0) is 0 Å². The van der Waals surface area contributed by atoms with Gasteiger partial charge in [-0.3, -0.25) is 0 Å². The second kappa shape index (κ2) is 6.58. The van der Waals surface area contributed by atoms with Crippen LogP contribution in [0.5, 0.6) is 0 Å². The fourth-order valence-corrected chi connectivity index (χ4v) is 4.59. The van der Waals surface area contributed by atoms with Crippen LogP contribution in [0.1, 0.15) is 65.2 Å². The third-order valence-corrected chi connectivity index (χ3v) is 6.27. The molecule has 0 heterocycles. The van der Waals surface area contributed by atoms with Crippen molar-refractivity contribution in [2.45, 2.75) is 77.3 Å². The van der Waals surface area contributed by atoms with Crippen LogP contribution >= 0.6 is 0 Å². The lowest BCUT2D eigenvalue weighted by Gasteiger charge is -2.47. The summed E-state index contributed by atoms with van der Waals surface area (Å²) < 4.78 is 0. The molecule has 2 nitrogen and oxygen atoms in total. The molecular formula is C17H34N2. The van der Waals surface area contributed by atoms with E-state index in [0.717, 1.165) is 23.9 Å². The molecule has 2 aliphatic rings. The smallest absolute Gasteiger partial charge is 0.00669 e. The highest BCUT2D eigenvalue weighted by molar-refractivity contribution is 4.93. The summed E-state index contributed by atoms with van der Waals surface area (Å²) in [4.78, 5) is 0. The fourth-order valence-electron chi connectivity index (χ4n) is 4.59. The van der Waals surface area contributed by atoms with Crippen molar-refractivity contribution in [2.24, 2.45) is 17.3 Å². The van der Waals surface area contributed by atoms with Gasteiger partial charge in [0.2, 0.25) is 0 Å². The predicted molar refractivity (Wildman–Crippen MR) is 83.4 cm³/mol. The van der Waals surface area contributed by atoms with Crippen molar-refractivity contribution < 1.29 is 0 Å². The molecule has 2 N–H and O–H groups in total. The Morgan fingerprint density at radius 2 is 1.16 bits per heavy atom. The molecule has 4 unspecified atom stereocenters. The molecule has 2 fully saturated rings. The third kappa shape index (κ3) is 3.52. The van der Waals surface area contributed by atoms with Gasteiger partial charge in [-0.15, -0.1) is 0 Å². The summed E-state index contributed by atoms with van der Waals surface area (Å²) in [6.45, 7) is 5.11. The van der Waals surface area contributed by atoms with Gasteiger partial charge >= 0.3 is 0 Å². The first-order valence-corrected chi connectivity index (χ1v) is 8.42. The van der Waals surface area contributed by atoms with E-state index in [1.165, 1.54) is 51.4 Å². The normalized spacial score (nSPS) is 37.3. The highest BCUT2D eigenvalue weighted by Gasteiger charge is 2.40. The second-order valence-corrected chi connectivity index (χ2v) is 7.52. The van der Waals surface area contributed by atoms with Crippen molar-refractivity contribution in [3.8, 4) is 0 Å². The lowest BCUT2D eigenvalue weighted by atomic mass is 9.60. The first-order valence-electron chi connectivity index (χ1n) is 8.42. The topological polar surface area (TPSA) is 24.1 Å². The van der Waals surface area contributed by atoms with Crippen LogP contribution in [-0.4, -0.2) is 26.2 Å². The summed E-state index contributed by atoms with van der Waals surface area (Å²) >= 11 is 0. The van der Waals surface area contributed by atoms with Crippen LogP contribution in [0.25, 0.3) is 0 Å². The van der Waals surface area contributed by atoms with Crippen LogP contribution in [0.2, 0.25) is 0 Å². The Morgan fingerprint density at radius 1 is 0.737 bits per heavy atom. The van der Waals surface area contributed by atoms with E-state index in [1.54, 1.807) is 0 Å². The molecule has 2 rings (SSSR count). The van der Waals surface area contributed by atoms with Crippen molar-refractivity contribution in [1.29, 1.82) is 0 Å². The monoisotopic (exact) mass is 266 g/mol. The Kier molecular flexibility index (Phi) is 5.30. The first kappa shape index (κ1) is 15.3. The fraction of sp³-hybridized carbons (Fsp3) is 1.00. The Bertz CT molecular complexity index is 248. The first-order chi connectivity index (χ1) is 9.07. The summed E-state index contributed by atoms with van der Waals surface area (Å²) in [7, 11) is 4.27. The predicted octanol–water partition coefficient (Wildman–Crippen LogP) is 3.57. The van der Waals surface area contributed by atoms with Gasteiger partial charge in [-0.1, -0.05) is 26.7 Å². The van der Waals surface area contributed by atoms with Gasteiger partial charge in [0.15, 0.2) is 0 Å². The molecule has 0 aromatic carbocycles. The van der Waals surface area contributed by atoms with Crippen molar-refractivity contribution >= 4 is 0 Å². The van der Waals surface area contributed by atoms with E-state index in [0.29, 0.717) is 5.41 Å². The van der Waals surface area contributed by atoms with Gasteiger partial charge in [-0.05, 0) is 69.9 Å². The lowest BCUT2D eigenvalue weighted by molar-refractivity contribution is 0.0430. The molecule has 0 aliphatic heterocycles. The van der Waals surface area contributed by atoms with Crippen molar-refractivity contribution in [1.82, 2.24) is 10.6 Å². The number of hydrogen-bond donors (Lipinski definition) is 2. The van der Waals surface area contributed by atoms with Gasteiger partial charge in [0, 0.05) is 12.1 Å². The summed E-state index contributed by atoms with van der Waals surface area (Å²) in [6, 6.07) is 1.53. The van der Waals surface area contributed by atoms with Gasteiger partial charge in [0.05, 0.1) is 0 Å². The van der Waals surface area contributed by atoms with E-state index >= 15 is 0 Å². The van der Waals surface area contributed by atoms with Crippen LogP contribution in [0, 0.1) is 17.3 Å². The zero-order valence-corrected chi connectivity index (χ0v) is 13.5. The Balaban J connectivity index is 1.99. The van der Waals surface area contributed by atoms with Crippen LogP contribution < -0.4 is 10.6 Å². The minimum absolute atomic E-state index is 0.519. The van der Waals surface area contributed by atoms with E-state index in [2.05, 4.69) is 38.6 Å². The number of rotatable bonds is 4. The van der Waals surface area contributed by atoms with Gasteiger partial charge in [-0.2, -0.15) is 0 Å². The maximum absolute atomic E-state index is 3.52. The van der Waals surface area contributed by atoms with Gasteiger partial charge in [-0.25, -0.2) is 0 Å². The molecule has 2 saturated carbocycles. The maximum Gasteiger partial charge on any atom is 0.00669 e. The molecule has 0 bridgehead atoms. The lowest BCUT2D eigenvalue weighted by Crippen LogP contribution is -2.44. The SMILES string of the molecule is CNC1CCCC(C(C)(C)C2CCCC(NC)C2)C1. The Labute approximate surface area is 120 Å². The Morgan fingerprint density at radius 3 is 1.53 bits per heavy atom. The molecular weight excluding hydrogens is 232 g/mol. The summed E-state index contributed by atoms with van der Waals surface area (Å²) in [5.74, 6) is 1.83. The molecule has 0 radical (unpaired) electrons. The molecule has 112 valence electrons. The summed E-state index contributed by atoms with van der Waals surface area (Å²) in [6.07, 6.45) is 11.3. The zero-order valence-electron chi connectivity index (χ0n) is 13.5. The molecule has 0 spiro atoms. The highest BCUT2D eigenvalue weighted by Crippen LogP contribution is 2.48. The van der Waals surface area contributed by atoms with Gasteiger partial charge in [0.1, 0.15) is 0 Å². The maximum atomic E-state index is 3.52. The van der Waals surface area contributed by atoms with Crippen molar-refractivity contribution in [3.63, 3.8) is 0 Å².